The van der Waals surface area contributed by atoms with Crippen molar-refractivity contribution in [2.75, 3.05) is 6.61 Å². The van der Waals surface area contributed by atoms with Crippen molar-refractivity contribution in [1.82, 2.24) is 0 Å². The Balaban J connectivity index is 1.82. The van der Waals surface area contributed by atoms with Gasteiger partial charge in [0.05, 0.1) is 6.10 Å². The Labute approximate surface area is 145 Å². The summed E-state index contributed by atoms with van der Waals surface area (Å²) in [5.74, 6) is -0.464. The van der Waals surface area contributed by atoms with Gasteiger partial charge in [-0.05, 0) is 54.8 Å². The van der Waals surface area contributed by atoms with Crippen LogP contribution in [0.25, 0.3) is 0 Å². The lowest BCUT2D eigenvalue weighted by atomic mass is 9.47. The van der Waals surface area contributed by atoms with E-state index in [0.717, 1.165) is 12.8 Å². The lowest BCUT2D eigenvalue weighted by molar-refractivity contribution is -0.145. The molecule has 6 atom stereocenters. The molecule has 3 rings (SSSR count). The third kappa shape index (κ3) is 2.82. The summed E-state index contributed by atoms with van der Waals surface area (Å²) in [6.07, 6.45) is 4.51. The Morgan fingerprint density at radius 2 is 2.04 bits per heavy atom. The van der Waals surface area contributed by atoms with E-state index in [0.29, 0.717) is 17.8 Å². The lowest BCUT2D eigenvalue weighted by Crippen LogP contribution is -2.50. The molecule has 2 saturated carbocycles. The number of allylic oxidation sites excluding steroid dienone is 1. The molecule has 0 bridgehead atoms. The summed E-state index contributed by atoms with van der Waals surface area (Å²) in [5.41, 5.74) is 1.63. The SMILES string of the molecule is C=C1CC[C@H]2C(C)(C)CCC[C@]2(C)[C@H]1C[C@H](O)[C@H]1C(=O)OC[C@H]1O. The number of aliphatic hydroxyl groups excluding tert-OH is 2. The van der Waals surface area contributed by atoms with Crippen LogP contribution in [-0.4, -0.2) is 35.0 Å². The average molecular weight is 336 g/mol. The van der Waals surface area contributed by atoms with Crippen LogP contribution in [0.2, 0.25) is 0 Å². The number of fused-ring (bicyclic) bond motifs is 1. The van der Waals surface area contributed by atoms with E-state index in [1.165, 1.54) is 24.8 Å². The standard InChI is InChI=1S/C20H32O4/c1-12-6-7-16-19(2,3)8-5-9-20(16,4)13(12)10-14(21)17-15(22)11-24-18(17)23/h13-17,21-22H,1,5-11H2,2-4H3/t13-,14-,15+,16-,17+,20+/m0/s1. The second kappa shape index (κ2) is 6.14. The fourth-order valence-corrected chi connectivity index (χ4v) is 6.04. The van der Waals surface area contributed by atoms with Crippen LogP contribution >= 0.6 is 0 Å². The molecule has 2 aliphatic carbocycles. The van der Waals surface area contributed by atoms with Gasteiger partial charge in [-0.15, -0.1) is 0 Å². The van der Waals surface area contributed by atoms with Crippen LogP contribution < -0.4 is 0 Å². The predicted molar refractivity (Wildman–Crippen MR) is 92.2 cm³/mol. The molecule has 2 N–H and O–H groups in total. The topological polar surface area (TPSA) is 66.8 Å². The summed E-state index contributed by atoms with van der Waals surface area (Å²) < 4.78 is 4.91. The highest BCUT2D eigenvalue weighted by atomic mass is 16.6. The third-order valence-corrected chi connectivity index (χ3v) is 7.29. The zero-order valence-electron chi connectivity index (χ0n) is 15.3. The normalized spacial score (nSPS) is 43.2. The Morgan fingerprint density at radius 1 is 1.33 bits per heavy atom. The van der Waals surface area contributed by atoms with Crippen LogP contribution in [0.5, 0.6) is 0 Å². The molecular weight excluding hydrogens is 304 g/mol. The molecule has 3 fully saturated rings. The number of ether oxygens (including phenoxy) is 1. The van der Waals surface area contributed by atoms with E-state index in [2.05, 4.69) is 27.4 Å². The highest BCUT2D eigenvalue weighted by Crippen LogP contribution is 2.61. The van der Waals surface area contributed by atoms with Crippen molar-refractivity contribution < 1.29 is 19.7 Å². The van der Waals surface area contributed by atoms with Gasteiger partial charge in [0.2, 0.25) is 0 Å². The third-order valence-electron chi connectivity index (χ3n) is 7.29. The summed E-state index contributed by atoms with van der Waals surface area (Å²) in [4.78, 5) is 11.9. The van der Waals surface area contributed by atoms with Gasteiger partial charge in [-0.3, -0.25) is 4.79 Å². The number of carbonyl (C=O) groups is 1. The Morgan fingerprint density at radius 3 is 2.67 bits per heavy atom. The summed E-state index contributed by atoms with van der Waals surface area (Å²) in [6.45, 7) is 11.4. The largest absolute Gasteiger partial charge is 0.463 e. The molecule has 1 heterocycles. The molecule has 3 aliphatic rings. The first-order chi connectivity index (χ1) is 11.2. The maximum Gasteiger partial charge on any atom is 0.314 e. The molecule has 24 heavy (non-hydrogen) atoms. The van der Waals surface area contributed by atoms with E-state index in [1.54, 1.807) is 0 Å². The molecule has 0 aromatic heterocycles. The molecule has 4 heteroatoms. The minimum Gasteiger partial charge on any atom is -0.463 e. The van der Waals surface area contributed by atoms with Gasteiger partial charge < -0.3 is 14.9 Å². The second-order valence-corrected chi connectivity index (χ2v) is 9.18. The zero-order chi connectivity index (χ0) is 17.7. The van der Waals surface area contributed by atoms with Gasteiger partial charge in [0.15, 0.2) is 0 Å². The van der Waals surface area contributed by atoms with E-state index >= 15 is 0 Å². The minimum absolute atomic E-state index is 0.000896. The zero-order valence-corrected chi connectivity index (χ0v) is 15.3. The van der Waals surface area contributed by atoms with E-state index in [-0.39, 0.29) is 17.9 Å². The molecule has 0 amide bonds. The van der Waals surface area contributed by atoms with Gasteiger partial charge in [-0.2, -0.15) is 0 Å². The Kier molecular flexibility index (Phi) is 4.59. The van der Waals surface area contributed by atoms with Crippen LogP contribution in [0.1, 0.15) is 59.3 Å². The maximum absolute atomic E-state index is 11.9. The van der Waals surface area contributed by atoms with Crippen LogP contribution in [0.4, 0.5) is 0 Å². The van der Waals surface area contributed by atoms with Gasteiger partial charge in [-0.1, -0.05) is 39.3 Å². The van der Waals surface area contributed by atoms with Crippen molar-refractivity contribution in [3.8, 4) is 0 Å². The van der Waals surface area contributed by atoms with Crippen LogP contribution in [0, 0.1) is 28.6 Å². The number of hydrogen-bond acceptors (Lipinski definition) is 4. The summed E-state index contributed by atoms with van der Waals surface area (Å²) >= 11 is 0. The van der Waals surface area contributed by atoms with E-state index in [4.69, 9.17) is 4.74 Å². The number of cyclic esters (lactones) is 1. The molecule has 4 nitrogen and oxygen atoms in total. The average Bonchev–Trinajstić information content (AvgIpc) is 2.81. The Hall–Kier alpha value is -0.870. The first kappa shape index (κ1) is 17.9. The number of rotatable bonds is 3. The highest BCUT2D eigenvalue weighted by Gasteiger charge is 2.54. The first-order valence-corrected chi connectivity index (χ1v) is 9.37. The molecule has 0 aromatic rings. The van der Waals surface area contributed by atoms with E-state index < -0.39 is 24.1 Å². The molecule has 1 saturated heterocycles. The van der Waals surface area contributed by atoms with E-state index in [9.17, 15) is 15.0 Å². The van der Waals surface area contributed by atoms with Gasteiger partial charge in [0.25, 0.3) is 0 Å². The van der Waals surface area contributed by atoms with Gasteiger partial charge >= 0.3 is 5.97 Å². The number of aliphatic hydroxyl groups is 2. The molecule has 136 valence electrons. The fourth-order valence-electron chi connectivity index (χ4n) is 6.04. The molecule has 0 spiro atoms. The van der Waals surface area contributed by atoms with Crippen molar-refractivity contribution in [3.63, 3.8) is 0 Å². The van der Waals surface area contributed by atoms with E-state index in [1.807, 2.05) is 0 Å². The number of hydrogen-bond donors (Lipinski definition) is 2. The summed E-state index contributed by atoms with van der Waals surface area (Å²) in [5, 5.41) is 20.7. The van der Waals surface area contributed by atoms with Crippen LogP contribution in [-0.2, 0) is 9.53 Å². The first-order valence-electron chi connectivity index (χ1n) is 9.37. The lowest BCUT2D eigenvalue weighted by Gasteiger charge is -2.58. The van der Waals surface area contributed by atoms with Gasteiger partial charge in [0.1, 0.15) is 18.6 Å². The maximum atomic E-state index is 11.9. The minimum atomic E-state index is -0.893. The monoisotopic (exact) mass is 336 g/mol. The predicted octanol–water partition coefficient (Wildman–Crippen LogP) is 3.07. The smallest absolute Gasteiger partial charge is 0.314 e. The van der Waals surface area contributed by atoms with Crippen LogP contribution in [0.15, 0.2) is 12.2 Å². The number of carbonyl (C=O) groups excluding carboxylic acids is 1. The van der Waals surface area contributed by atoms with Gasteiger partial charge in [0, 0.05) is 0 Å². The van der Waals surface area contributed by atoms with Crippen LogP contribution in [0.3, 0.4) is 0 Å². The quantitative estimate of drug-likeness (QED) is 0.614. The molecule has 0 aromatic carbocycles. The summed E-state index contributed by atoms with van der Waals surface area (Å²) in [6, 6.07) is 0. The number of esters is 1. The molecular formula is C20H32O4. The van der Waals surface area contributed by atoms with Crippen molar-refractivity contribution >= 4 is 5.97 Å². The molecule has 0 radical (unpaired) electrons. The summed E-state index contributed by atoms with van der Waals surface area (Å²) in [7, 11) is 0. The van der Waals surface area contributed by atoms with Gasteiger partial charge in [-0.25, -0.2) is 0 Å². The molecule has 1 aliphatic heterocycles. The van der Waals surface area contributed by atoms with Crippen molar-refractivity contribution in [3.05, 3.63) is 12.2 Å². The van der Waals surface area contributed by atoms with Crippen molar-refractivity contribution in [2.45, 2.75) is 71.5 Å². The Bertz CT molecular complexity index is 526. The molecule has 0 unspecified atom stereocenters. The van der Waals surface area contributed by atoms with Crippen molar-refractivity contribution in [1.29, 1.82) is 0 Å². The highest BCUT2D eigenvalue weighted by molar-refractivity contribution is 5.75. The fraction of sp³-hybridized carbons (Fsp3) is 0.850. The second-order valence-electron chi connectivity index (χ2n) is 9.18. The van der Waals surface area contributed by atoms with Crippen molar-refractivity contribution in [2.24, 2.45) is 28.6 Å².